The molecule has 1 aromatic rings. The van der Waals surface area contributed by atoms with Crippen LogP contribution in [0.4, 0.5) is 5.69 Å². The predicted molar refractivity (Wildman–Crippen MR) is 62.8 cm³/mol. The molecule has 2 N–H and O–H groups in total. The van der Waals surface area contributed by atoms with Crippen molar-refractivity contribution in [2.45, 2.75) is 23.6 Å². The van der Waals surface area contributed by atoms with Crippen molar-refractivity contribution in [3.63, 3.8) is 0 Å². The first kappa shape index (κ1) is 11.0. The lowest BCUT2D eigenvalue weighted by atomic mass is 10.2. The first-order chi connectivity index (χ1) is 7.67. The van der Waals surface area contributed by atoms with Crippen molar-refractivity contribution in [3.8, 4) is 6.19 Å². The van der Waals surface area contributed by atoms with Gasteiger partial charge < -0.3 is 5.73 Å². The van der Waals surface area contributed by atoms with E-state index in [9.17, 15) is 4.79 Å². The van der Waals surface area contributed by atoms with Crippen LogP contribution in [0.1, 0.15) is 12.5 Å². The van der Waals surface area contributed by atoms with Crippen LogP contribution in [0.2, 0.25) is 0 Å². The number of carbonyl (C=O) groups is 1. The second-order valence-corrected chi connectivity index (χ2v) is 4.92. The average molecular weight is 233 g/mol. The number of carbonyl (C=O) groups excluding carboxylic acids is 1. The van der Waals surface area contributed by atoms with Crippen LogP contribution in [0.25, 0.3) is 0 Å². The molecule has 0 bridgehead atoms. The number of rotatable bonds is 1. The van der Waals surface area contributed by atoms with Crippen LogP contribution in [0.5, 0.6) is 0 Å². The Morgan fingerprint density at radius 3 is 3.00 bits per heavy atom. The summed E-state index contributed by atoms with van der Waals surface area (Å²) in [6, 6.07) is 5.63. The number of thioether (sulfide) groups is 1. The maximum atomic E-state index is 11.8. The van der Waals surface area contributed by atoms with E-state index in [-0.39, 0.29) is 11.2 Å². The number of nitriles is 1. The Morgan fingerprint density at radius 1 is 1.62 bits per heavy atom. The van der Waals surface area contributed by atoms with Gasteiger partial charge in [-0.25, -0.2) is 4.90 Å². The molecule has 0 saturated heterocycles. The number of amides is 1. The summed E-state index contributed by atoms with van der Waals surface area (Å²) in [5.41, 5.74) is 7.11. The summed E-state index contributed by atoms with van der Waals surface area (Å²) in [5.74, 6) is -0.172. The Labute approximate surface area is 98.0 Å². The van der Waals surface area contributed by atoms with Crippen LogP contribution < -0.4 is 10.6 Å². The second kappa shape index (κ2) is 4.16. The zero-order valence-electron chi connectivity index (χ0n) is 8.80. The Hall–Kier alpha value is -1.51. The molecule has 1 heterocycles. The number of nitrogens with zero attached hydrogens (tertiary/aromatic N) is 2. The number of fused-ring (bicyclic) bond motifs is 1. The molecular weight excluding hydrogens is 222 g/mol. The topological polar surface area (TPSA) is 70.1 Å². The molecule has 4 nitrogen and oxygen atoms in total. The van der Waals surface area contributed by atoms with Crippen molar-refractivity contribution in [1.82, 2.24) is 0 Å². The third-order valence-corrected chi connectivity index (χ3v) is 3.63. The minimum absolute atomic E-state index is 0.172. The average Bonchev–Trinajstić information content (AvgIpc) is 2.30. The lowest BCUT2D eigenvalue weighted by molar-refractivity contribution is -0.117. The summed E-state index contributed by atoms with van der Waals surface area (Å²) < 4.78 is 0. The minimum atomic E-state index is -0.212. The lowest BCUT2D eigenvalue weighted by Gasteiger charge is -2.26. The molecule has 0 fully saturated rings. The van der Waals surface area contributed by atoms with E-state index in [0.717, 1.165) is 15.4 Å². The Morgan fingerprint density at radius 2 is 2.38 bits per heavy atom. The van der Waals surface area contributed by atoms with Crippen molar-refractivity contribution in [3.05, 3.63) is 23.8 Å². The standard InChI is InChI=1S/C11H11N3OS/c1-7-11(15)14(6-13)9-4-8(5-12)2-3-10(9)16-7/h2-4,7H,5,12H2,1H3. The summed E-state index contributed by atoms with van der Waals surface area (Å²) >= 11 is 1.48. The Kier molecular flexibility index (Phi) is 2.86. The van der Waals surface area contributed by atoms with Crippen LogP contribution >= 0.6 is 11.8 Å². The molecule has 1 amide bonds. The van der Waals surface area contributed by atoms with Gasteiger partial charge in [0.05, 0.1) is 10.9 Å². The molecular formula is C11H11N3OS. The van der Waals surface area contributed by atoms with Gasteiger partial charge in [0.25, 0.3) is 5.91 Å². The van der Waals surface area contributed by atoms with Crippen LogP contribution in [0.3, 0.4) is 0 Å². The molecule has 1 aliphatic rings. The van der Waals surface area contributed by atoms with Crippen LogP contribution in [-0.4, -0.2) is 11.2 Å². The summed E-state index contributed by atoms with van der Waals surface area (Å²) in [6.07, 6.45) is 1.92. The molecule has 1 unspecified atom stereocenters. The first-order valence-electron chi connectivity index (χ1n) is 4.90. The first-order valence-corrected chi connectivity index (χ1v) is 5.78. The number of hydrogen-bond acceptors (Lipinski definition) is 4. The van der Waals surface area contributed by atoms with Gasteiger partial charge in [-0.15, -0.1) is 11.8 Å². The molecule has 1 aliphatic heterocycles. The maximum Gasteiger partial charge on any atom is 0.253 e. The van der Waals surface area contributed by atoms with Gasteiger partial charge in [0.1, 0.15) is 0 Å². The maximum absolute atomic E-state index is 11.8. The van der Waals surface area contributed by atoms with Crippen molar-refractivity contribution >= 4 is 23.4 Å². The summed E-state index contributed by atoms with van der Waals surface area (Å²) in [6.45, 7) is 2.21. The van der Waals surface area contributed by atoms with Gasteiger partial charge in [-0.3, -0.25) is 4.79 Å². The molecule has 0 saturated carbocycles. The number of benzene rings is 1. The normalized spacial score (nSPS) is 19.2. The fourth-order valence-electron chi connectivity index (χ4n) is 1.61. The van der Waals surface area contributed by atoms with E-state index in [2.05, 4.69) is 0 Å². The zero-order valence-corrected chi connectivity index (χ0v) is 9.62. The van der Waals surface area contributed by atoms with Gasteiger partial charge in [0, 0.05) is 11.4 Å². The van der Waals surface area contributed by atoms with Crippen molar-refractivity contribution in [2.24, 2.45) is 5.73 Å². The third kappa shape index (κ3) is 1.66. The Balaban J connectivity index is 2.53. The van der Waals surface area contributed by atoms with Crippen LogP contribution in [-0.2, 0) is 11.3 Å². The molecule has 0 aromatic heterocycles. The molecule has 0 spiro atoms. The lowest BCUT2D eigenvalue weighted by Crippen LogP contribution is -2.36. The number of hydrogen-bond donors (Lipinski definition) is 1. The highest BCUT2D eigenvalue weighted by Crippen LogP contribution is 2.39. The fraction of sp³-hybridized carbons (Fsp3) is 0.273. The van der Waals surface area contributed by atoms with E-state index in [1.165, 1.54) is 11.8 Å². The summed E-state index contributed by atoms with van der Waals surface area (Å²) in [4.78, 5) is 13.9. The van der Waals surface area contributed by atoms with E-state index in [1.807, 2.05) is 18.3 Å². The van der Waals surface area contributed by atoms with Gasteiger partial charge in [-0.05, 0) is 24.6 Å². The van der Waals surface area contributed by atoms with E-state index < -0.39 is 0 Å². The quantitative estimate of drug-likeness (QED) is 0.745. The minimum Gasteiger partial charge on any atom is -0.326 e. The van der Waals surface area contributed by atoms with Crippen molar-refractivity contribution in [2.75, 3.05) is 4.90 Å². The summed E-state index contributed by atoms with van der Waals surface area (Å²) in [7, 11) is 0. The second-order valence-electron chi connectivity index (χ2n) is 3.54. The molecule has 5 heteroatoms. The number of anilines is 1. The van der Waals surface area contributed by atoms with Gasteiger partial charge in [0.2, 0.25) is 0 Å². The molecule has 0 radical (unpaired) electrons. The van der Waals surface area contributed by atoms with Gasteiger partial charge >= 0.3 is 0 Å². The highest BCUT2D eigenvalue weighted by atomic mass is 32.2. The summed E-state index contributed by atoms with van der Waals surface area (Å²) in [5, 5.41) is 8.79. The molecule has 2 rings (SSSR count). The molecule has 1 aromatic carbocycles. The van der Waals surface area contributed by atoms with Gasteiger partial charge in [-0.1, -0.05) is 6.07 Å². The molecule has 1 atom stereocenters. The zero-order chi connectivity index (χ0) is 11.7. The van der Waals surface area contributed by atoms with E-state index in [1.54, 1.807) is 13.0 Å². The fourth-order valence-corrected chi connectivity index (χ4v) is 2.61. The third-order valence-electron chi connectivity index (χ3n) is 2.47. The Bertz CT molecular complexity index is 481. The van der Waals surface area contributed by atoms with Crippen molar-refractivity contribution in [1.29, 1.82) is 5.26 Å². The SMILES string of the molecule is CC1Sc2ccc(CN)cc2N(C#N)C1=O. The van der Waals surface area contributed by atoms with Crippen LogP contribution in [0, 0.1) is 11.5 Å². The smallest absolute Gasteiger partial charge is 0.253 e. The van der Waals surface area contributed by atoms with E-state index in [0.29, 0.717) is 12.2 Å². The van der Waals surface area contributed by atoms with Crippen LogP contribution in [0.15, 0.2) is 23.1 Å². The number of nitrogens with two attached hydrogens (primary N) is 1. The van der Waals surface area contributed by atoms with E-state index >= 15 is 0 Å². The molecule has 16 heavy (non-hydrogen) atoms. The monoisotopic (exact) mass is 233 g/mol. The highest BCUT2D eigenvalue weighted by molar-refractivity contribution is 8.01. The van der Waals surface area contributed by atoms with Crippen molar-refractivity contribution < 1.29 is 4.79 Å². The van der Waals surface area contributed by atoms with Gasteiger partial charge in [0.15, 0.2) is 6.19 Å². The van der Waals surface area contributed by atoms with Gasteiger partial charge in [-0.2, -0.15) is 5.26 Å². The molecule has 0 aliphatic carbocycles. The largest absolute Gasteiger partial charge is 0.326 e. The molecule has 82 valence electrons. The van der Waals surface area contributed by atoms with E-state index in [4.69, 9.17) is 11.0 Å². The highest BCUT2D eigenvalue weighted by Gasteiger charge is 2.30. The predicted octanol–water partition coefficient (Wildman–Crippen LogP) is 1.45.